The lowest BCUT2D eigenvalue weighted by molar-refractivity contribution is 0.529. The molecule has 66 valence electrons. The highest BCUT2D eigenvalue weighted by molar-refractivity contribution is 5.92. The molecule has 1 unspecified atom stereocenters. The highest BCUT2D eigenvalue weighted by atomic mass is 15.0. The van der Waals surface area contributed by atoms with E-state index in [2.05, 4.69) is 29.9 Å². The SMILES string of the molecule is CCCC1(C)C=CC=NC(C)=N1. The molecule has 0 aliphatic carbocycles. The summed E-state index contributed by atoms with van der Waals surface area (Å²) in [6, 6.07) is 0. The molecule has 1 aliphatic rings. The smallest absolute Gasteiger partial charge is 0.121 e. The molecule has 0 radical (unpaired) electrons. The van der Waals surface area contributed by atoms with Gasteiger partial charge in [-0.1, -0.05) is 19.4 Å². The third-order valence-electron chi connectivity index (χ3n) is 1.98. The van der Waals surface area contributed by atoms with Gasteiger partial charge in [0.25, 0.3) is 0 Å². The molecule has 1 atom stereocenters. The van der Waals surface area contributed by atoms with E-state index in [0.717, 1.165) is 18.7 Å². The monoisotopic (exact) mass is 164 g/mol. The second kappa shape index (κ2) is 3.65. The van der Waals surface area contributed by atoms with Crippen LogP contribution < -0.4 is 0 Å². The molecule has 0 aromatic heterocycles. The Morgan fingerprint density at radius 2 is 2.25 bits per heavy atom. The van der Waals surface area contributed by atoms with Crippen LogP contribution in [0, 0.1) is 0 Å². The first-order valence-electron chi connectivity index (χ1n) is 4.45. The zero-order chi connectivity index (χ0) is 9.03. The summed E-state index contributed by atoms with van der Waals surface area (Å²) in [5, 5.41) is 0. The van der Waals surface area contributed by atoms with Crippen molar-refractivity contribution < 1.29 is 0 Å². The first-order valence-corrected chi connectivity index (χ1v) is 4.45. The molecule has 1 aliphatic heterocycles. The van der Waals surface area contributed by atoms with E-state index in [-0.39, 0.29) is 5.54 Å². The standard InChI is InChI=1S/C10H16N2/c1-4-6-10(3)7-5-8-11-9(2)12-10/h5,7-8H,4,6H2,1-3H3. The Morgan fingerprint density at radius 3 is 2.92 bits per heavy atom. The summed E-state index contributed by atoms with van der Waals surface area (Å²) in [6.07, 6.45) is 8.15. The lowest BCUT2D eigenvalue weighted by Gasteiger charge is -2.19. The van der Waals surface area contributed by atoms with Crippen molar-refractivity contribution in [3.8, 4) is 0 Å². The Hall–Kier alpha value is -0.920. The third-order valence-corrected chi connectivity index (χ3v) is 1.98. The van der Waals surface area contributed by atoms with Crippen molar-refractivity contribution >= 4 is 12.1 Å². The topological polar surface area (TPSA) is 24.7 Å². The third kappa shape index (κ3) is 2.29. The van der Waals surface area contributed by atoms with E-state index >= 15 is 0 Å². The van der Waals surface area contributed by atoms with Crippen LogP contribution in [0.1, 0.15) is 33.6 Å². The van der Waals surface area contributed by atoms with Gasteiger partial charge in [-0.15, -0.1) is 0 Å². The largest absolute Gasteiger partial charge is 0.260 e. The van der Waals surface area contributed by atoms with E-state index in [9.17, 15) is 0 Å². The Balaban J connectivity index is 2.83. The molecule has 2 nitrogen and oxygen atoms in total. The molecule has 0 fully saturated rings. The van der Waals surface area contributed by atoms with Crippen LogP contribution in [0.5, 0.6) is 0 Å². The van der Waals surface area contributed by atoms with E-state index in [4.69, 9.17) is 0 Å². The predicted molar refractivity (Wildman–Crippen MR) is 54.1 cm³/mol. The van der Waals surface area contributed by atoms with Crippen molar-refractivity contribution in [2.75, 3.05) is 0 Å². The minimum Gasteiger partial charge on any atom is -0.260 e. The van der Waals surface area contributed by atoms with Crippen LogP contribution in [-0.4, -0.2) is 17.6 Å². The number of nitrogens with zero attached hydrogens (tertiary/aromatic N) is 2. The Bertz CT molecular complexity index is 238. The van der Waals surface area contributed by atoms with E-state index < -0.39 is 0 Å². The summed E-state index contributed by atoms with van der Waals surface area (Å²) < 4.78 is 0. The predicted octanol–water partition coefficient (Wildman–Crippen LogP) is 2.60. The van der Waals surface area contributed by atoms with Crippen LogP contribution in [0.4, 0.5) is 0 Å². The number of allylic oxidation sites excluding steroid dienone is 1. The Labute approximate surface area is 74.1 Å². The molecular formula is C10H16N2. The van der Waals surface area contributed by atoms with Crippen molar-refractivity contribution in [2.24, 2.45) is 9.98 Å². The van der Waals surface area contributed by atoms with Crippen LogP contribution >= 0.6 is 0 Å². The molecule has 1 rings (SSSR count). The molecule has 0 saturated carbocycles. The van der Waals surface area contributed by atoms with Gasteiger partial charge in [0.1, 0.15) is 5.84 Å². The zero-order valence-electron chi connectivity index (χ0n) is 8.04. The molecule has 0 saturated heterocycles. The van der Waals surface area contributed by atoms with Gasteiger partial charge in [0.2, 0.25) is 0 Å². The first-order chi connectivity index (χ1) is 5.66. The number of hydrogen-bond acceptors (Lipinski definition) is 2. The van der Waals surface area contributed by atoms with Gasteiger partial charge in [0, 0.05) is 6.21 Å². The number of hydrogen-bond donors (Lipinski definition) is 0. The number of rotatable bonds is 2. The molecule has 0 aromatic rings. The second-order valence-electron chi connectivity index (χ2n) is 3.40. The van der Waals surface area contributed by atoms with Crippen LogP contribution in [0.15, 0.2) is 22.1 Å². The molecule has 0 amide bonds. The quantitative estimate of drug-likeness (QED) is 0.599. The van der Waals surface area contributed by atoms with Gasteiger partial charge in [0.05, 0.1) is 5.54 Å². The fraction of sp³-hybridized carbons (Fsp3) is 0.600. The maximum Gasteiger partial charge on any atom is 0.121 e. The Kier molecular flexibility index (Phi) is 2.79. The molecule has 0 spiro atoms. The van der Waals surface area contributed by atoms with Crippen LogP contribution in [-0.2, 0) is 0 Å². The normalized spacial score (nSPS) is 28.4. The van der Waals surface area contributed by atoms with Gasteiger partial charge >= 0.3 is 0 Å². The molecule has 1 heterocycles. The van der Waals surface area contributed by atoms with Gasteiger partial charge < -0.3 is 0 Å². The summed E-state index contributed by atoms with van der Waals surface area (Å²) in [5.41, 5.74) is -0.0324. The first kappa shape index (κ1) is 9.17. The Morgan fingerprint density at radius 1 is 1.50 bits per heavy atom. The maximum absolute atomic E-state index is 4.53. The summed E-state index contributed by atoms with van der Waals surface area (Å²) in [4.78, 5) is 8.67. The van der Waals surface area contributed by atoms with Gasteiger partial charge in [-0.05, 0) is 26.3 Å². The minimum atomic E-state index is -0.0324. The van der Waals surface area contributed by atoms with E-state index in [1.54, 1.807) is 6.21 Å². The molecule has 0 bridgehead atoms. The van der Waals surface area contributed by atoms with Crippen LogP contribution in [0.25, 0.3) is 0 Å². The summed E-state index contributed by atoms with van der Waals surface area (Å²) in [6.45, 7) is 6.26. The average Bonchev–Trinajstić information content (AvgIpc) is 2.12. The molecule has 0 N–H and O–H groups in total. The number of amidine groups is 1. The van der Waals surface area contributed by atoms with Gasteiger partial charge in [-0.25, -0.2) is 4.99 Å². The number of aliphatic imine (C=N–C) groups is 2. The van der Waals surface area contributed by atoms with E-state index in [1.807, 2.05) is 13.0 Å². The fourth-order valence-corrected chi connectivity index (χ4v) is 1.48. The molecule has 2 heteroatoms. The maximum atomic E-state index is 4.53. The van der Waals surface area contributed by atoms with Crippen LogP contribution in [0.3, 0.4) is 0 Å². The zero-order valence-corrected chi connectivity index (χ0v) is 8.04. The van der Waals surface area contributed by atoms with Gasteiger partial charge in [0.15, 0.2) is 0 Å². The average molecular weight is 164 g/mol. The van der Waals surface area contributed by atoms with E-state index in [0.29, 0.717) is 0 Å². The lowest BCUT2D eigenvalue weighted by Crippen LogP contribution is -2.19. The van der Waals surface area contributed by atoms with Gasteiger partial charge in [-0.3, -0.25) is 4.99 Å². The molecule has 0 aromatic carbocycles. The van der Waals surface area contributed by atoms with Crippen molar-refractivity contribution in [3.63, 3.8) is 0 Å². The summed E-state index contributed by atoms with van der Waals surface area (Å²) in [7, 11) is 0. The molecule has 12 heavy (non-hydrogen) atoms. The van der Waals surface area contributed by atoms with Gasteiger partial charge in [-0.2, -0.15) is 0 Å². The van der Waals surface area contributed by atoms with Crippen molar-refractivity contribution in [3.05, 3.63) is 12.2 Å². The minimum absolute atomic E-state index is 0.0324. The summed E-state index contributed by atoms with van der Waals surface area (Å²) >= 11 is 0. The van der Waals surface area contributed by atoms with E-state index in [1.165, 1.54) is 0 Å². The highest BCUT2D eigenvalue weighted by Crippen LogP contribution is 2.20. The van der Waals surface area contributed by atoms with Crippen LogP contribution in [0.2, 0.25) is 0 Å². The van der Waals surface area contributed by atoms with Crippen molar-refractivity contribution in [1.29, 1.82) is 0 Å². The highest BCUT2D eigenvalue weighted by Gasteiger charge is 2.18. The summed E-state index contributed by atoms with van der Waals surface area (Å²) in [5.74, 6) is 0.871. The second-order valence-corrected chi connectivity index (χ2v) is 3.40. The van der Waals surface area contributed by atoms with Crippen molar-refractivity contribution in [1.82, 2.24) is 0 Å². The van der Waals surface area contributed by atoms with Crippen molar-refractivity contribution in [2.45, 2.75) is 39.2 Å². The lowest BCUT2D eigenvalue weighted by atomic mass is 9.96. The fourth-order valence-electron chi connectivity index (χ4n) is 1.48. The molecular weight excluding hydrogens is 148 g/mol.